The summed E-state index contributed by atoms with van der Waals surface area (Å²) in [5.74, 6) is 1.89. The number of aromatic nitrogens is 2. The first-order valence-electron chi connectivity index (χ1n) is 14.1. The Balaban J connectivity index is 1.11. The van der Waals surface area contributed by atoms with E-state index in [4.69, 9.17) is 18.8 Å². The number of carbonyl (C=O) groups is 1. The molecule has 1 amide bonds. The number of benzene rings is 4. The topological polar surface area (TPSA) is 99.0 Å². The Hall–Kier alpha value is -5.15. The molecule has 2 heterocycles. The van der Waals surface area contributed by atoms with Gasteiger partial charge >= 0.3 is 0 Å². The second kappa shape index (κ2) is 11.3. The number of carbonyl (C=O) groups excluding carboxylic acids is 1. The van der Waals surface area contributed by atoms with Crippen molar-refractivity contribution in [2.24, 2.45) is 0 Å². The molecule has 0 saturated carbocycles. The van der Waals surface area contributed by atoms with Gasteiger partial charge < -0.3 is 19.5 Å². The van der Waals surface area contributed by atoms with Crippen LogP contribution in [0.15, 0.2) is 89.6 Å². The standard InChI is InChI=1S/C34H30N4O5/c1-21-29(37-43-36-21)18-38(2)17-24-15-22(23-12-14-31-32(16-23)42-20-41-31)11-13-30(24)40-19-33(39)35-34-27-9-5-3-7-25(27)26-8-4-6-10-28(26)34/h3-16,34H,17-20H2,1-2H3,(H,35,39). The zero-order chi connectivity index (χ0) is 29.3. The lowest BCUT2D eigenvalue weighted by Gasteiger charge is -2.20. The molecule has 1 aliphatic heterocycles. The van der Waals surface area contributed by atoms with Crippen LogP contribution in [0.4, 0.5) is 0 Å². The zero-order valence-electron chi connectivity index (χ0n) is 23.9. The third kappa shape index (κ3) is 5.30. The van der Waals surface area contributed by atoms with Crippen LogP contribution in [0.1, 0.15) is 34.1 Å². The molecule has 0 spiro atoms. The summed E-state index contributed by atoms with van der Waals surface area (Å²) in [4.78, 5) is 15.4. The number of amides is 1. The van der Waals surface area contributed by atoms with Crippen LogP contribution in [-0.4, -0.2) is 41.6 Å². The Bertz CT molecular complexity index is 1770. The number of nitrogens with one attached hydrogen (secondary N) is 1. The van der Waals surface area contributed by atoms with Crippen molar-refractivity contribution in [3.8, 4) is 39.5 Å². The van der Waals surface area contributed by atoms with E-state index in [9.17, 15) is 4.79 Å². The number of fused-ring (bicyclic) bond motifs is 4. The first-order valence-corrected chi connectivity index (χ1v) is 14.1. The summed E-state index contributed by atoms with van der Waals surface area (Å²) in [6, 6.07) is 28.0. The van der Waals surface area contributed by atoms with Crippen LogP contribution in [0.2, 0.25) is 0 Å². The first-order chi connectivity index (χ1) is 21.0. The van der Waals surface area contributed by atoms with Crippen LogP contribution in [0, 0.1) is 6.92 Å². The van der Waals surface area contributed by atoms with Crippen molar-refractivity contribution in [1.82, 2.24) is 20.5 Å². The monoisotopic (exact) mass is 574 g/mol. The highest BCUT2D eigenvalue weighted by molar-refractivity contribution is 5.84. The summed E-state index contributed by atoms with van der Waals surface area (Å²) in [7, 11) is 1.99. The number of hydrogen-bond acceptors (Lipinski definition) is 8. The second-order valence-corrected chi connectivity index (χ2v) is 10.8. The van der Waals surface area contributed by atoms with Crippen LogP contribution >= 0.6 is 0 Å². The minimum absolute atomic E-state index is 0.118. The predicted molar refractivity (Wildman–Crippen MR) is 160 cm³/mol. The van der Waals surface area contributed by atoms with E-state index >= 15 is 0 Å². The van der Waals surface area contributed by atoms with Crippen molar-refractivity contribution in [1.29, 1.82) is 0 Å². The third-order valence-electron chi connectivity index (χ3n) is 7.87. The Kier molecular flexibility index (Phi) is 7.00. The minimum atomic E-state index is -0.221. The van der Waals surface area contributed by atoms with E-state index in [-0.39, 0.29) is 25.3 Å². The molecule has 9 heteroatoms. The van der Waals surface area contributed by atoms with E-state index in [1.54, 1.807) is 0 Å². The van der Waals surface area contributed by atoms with Crippen molar-refractivity contribution < 1.29 is 23.6 Å². The number of hydrogen-bond donors (Lipinski definition) is 1. The van der Waals surface area contributed by atoms with E-state index < -0.39 is 0 Å². The molecule has 0 atom stereocenters. The van der Waals surface area contributed by atoms with E-state index in [2.05, 4.69) is 50.9 Å². The summed E-state index contributed by atoms with van der Waals surface area (Å²) >= 11 is 0. The fraction of sp³-hybridized carbons (Fsp3) is 0.206. The summed E-state index contributed by atoms with van der Waals surface area (Å²) in [5.41, 5.74) is 8.91. The van der Waals surface area contributed by atoms with E-state index in [0.29, 0.717) is 18.8 Å². The fourth-order valence-corrected chi connectivity index (χ4v) is 5.75. The van der Waals surface area contributed by atoms with Crippen molar-refractivity contribution in [2.45, 2.75) is 26.1 Å². The van der Waals surface area contributed by atoms with Crippen LogP contribution < -0.4 is 19.5 Å². The smallest absolute Gasteiger partial charge is 0.258 e. The van der Waals surface area contributed by atoms with Gasteiger partial charge in [-0.3, -0.25) is 9.69 Å². The van der Waals surface area contributed by atoms with Crippen molar-refractivity contribution in [2.75, 3.05) is 20.4 Å². The van der Waals surface area contributed by atoms with Gasteiger partial charge in [0, 0.05) is 18.7 Å². The number of ether oxygens (including phenoxy) is 3. The van der Waals surface area contributed by atoms with Gasteiger partial charge in [-0.05, 0) is 71.6 Å². The largest absolute Gasteiger partial charge is 0.483 e. The number of aryl methyl sites for hydroxylation is 1. The Labute approximate surface area is 249 Å². The van der Waals surface area contributed by atoms with Gasteiger partial charge in [0.25, 0.3) is 5.91 Å². The zero-order valence-corrected chi connectivity index (χ0v) is 23.9. The van der Waals surface area contributed by atoms with Gasteiger partial charge in [0.15, 0.2) is 18.1 Å². The van der Waals surface area contributed by atoms with Gasteiger partial charge in [0.1, 0.15) is 17.1 Å². The number of nitrogens with zero attached hydrogens (tertiary/aromatic N) is 3. The van der Waals surface area contributed by atoms with Crippen LogP contribution in [0.3, 0.4) is 0 Å². The maximum atomic E-state index is 13.3. The van der Waals surface area contributed by atoms with Gasteiger partial charge in [0.2, 0.25) is 6.79 Å². The summed E-state index contributed by atoms with van der Waals surface area (Å²) in [6.45, 7) is 3.06. The van der Waals surface area contributed by atoms with Crippen molar-refractivity contribution in [3.05, 3.63) is 113 Å². The molecule has 43 heavy (non-hydrogen) atoms. The highest BCUT2D eigenvalue weighted by Crippen LogP contribution is 2.43. The molecule has 5 aromatic rings. The van der Waals surface area contributed by atoms with Gasteiger partial charge in [-0.25, -0.2) is 4.63 Å². The third-order valence-corrected chi connectivity index (χ3v) is 7.87. The molecule has 0 radical (unpaired) electrons. The predicted octanol–water partition coefficient (Wildman–Crippen LogP) is 5.67. The maximum Gasteiger partial charge on any atom is 0.258 e. The lowest BCUT2D eigenvalue weighted by molar-refractivity contribution is -0.123. The van der Waals surface area contributed by atoms with Crippen LogP contribution in [0.5, 0.6) is 17.2 Å². The van der Waals surface area contributed by atoms with Gasteiger partial charge in [-0.2, -0.15) is 0 Å². The quantitative estimate of drug-likeness (QED) is 0.240. The van der Waals surface area contributed by atoms with Crippen LogP contribution in [0.25, 0.3) is 22.3 Å². The van der Waals surface area contributed by atoms with Gasteiger partial charge in [0.05, 0.1) is 6.04 Å². The number of rotatable bonds is 9. The fourth-order valence-electron chi connectivity index (χ4n) is 5.75. The molecular weight excluding hydrogens is 544 g/mol. The Morgan fingerprint density at radius 2 is 1.58 bits per heavy atom. The molecule has 0 unspecified atom stereocenters. The summed E-state index contributed by atoms with van der Waals surface area (Å²) in [6.07, 6.45) is 0. The van der Waals surface area contributed by atoms with E-state index in [1.165, 1.54) is 0 Å². The molecule has 2 aliphatic rings. The lowest BCUT2D eigenvalue weighted by Crippen LogP contribution is -2.32. The van der Waals surface area contributed by atoms with Crippen molar-refractivity contribution in [3.63, 3.8) is 0 Å². The van der Waals surface area contributed by atoms with Crippen LogP contribution in [-0.2, 0) is 17.9 Å². The SMILES string of the molecule is Cc1nonc1CN(C)Cc1cc(-c2ccc3c(c2)OCO3)ccc1OCC(=O)NC1c2ccccc2-c2ccccc21. The molecule has 216 valence electrons. The molecule has 4 aromatic carbocycles. The first kappa shape index (κ1) is 26.7. The van der Waals surface area contributed by atoms with Crippen molar-refractivity contribution >= 4 is 5.91 Å². The Morgan fingerprint density at radius 3 is 2.33 bits per heavy atom. The molecule has 1 aliphatic carbocycles. The van der Waals surface area contributed by atoms with Gasteiger partial charge in [-0.1, -0.05) is 71.0 Å². The maximum absolute atomic E-state index is 13.3. The molecule has 7 rings (SSSR count). The average Bonchev–Trinajstić information content (AvgIpc) is 3.74. The average molecular weight is 575 g/mol. The summed E-state index contributed by atoms with van der Waals surface area (Å²) < 4.78 is 22.1. The molecule has 1 N–H and O–H groups in total. The molecule has 1 aromatic heterocycles. The second-order valence-electron chi connectivity index (χ2n) is 10.8. The molecular formula is C34H30N4O5. The molecule has 9 nitrogen and oxygen atoms in total. The van der Waals surface area contributed by atoms with Gasteiger partial charge in [-0.15, -0.1) is 0 Å². The molecule has 0 saturated heterocycles. The van der Waals surface area contributed by atoms with E-state index in [0.717, 1.165) is 61.8 Å². The highest BCUT2D eigenvalue weighted by atomic mass is 16.7. The molecule has 0 bridgehead atoms. The normalized spacial score (nSPS) is 13.2. The highest BCUT2D eigenvalue weighted by Gasteiger charge is 2.29. The molecule has 0 fully saturated rings. The lowest BCUT2D eigenvalue weighted by atomic mass is 10.0. The Morgan fingerprint density at radius 1 is 0.884 bits per heavy atom. The minimum Gasteiger partial charge on any atom is -0.483 e. The summed E-state index contributed by atoms with van der Waals surface area (Å²) in [5, 5.41) is 11.1. The van der Waals surface area contributed by atoms with E-state index in [1.807, 2.05) is 68.6 Å².